The van der Waals surface area contributed by atoms with Gasteiger partial charge in [0.15, 0.2) is 0 Å². The topological polar surface area (TPSA) is 65.1 Å². The number of esters is 1. The summed E-state index contributed by atoms with van der Waals surface area (Å²) >= 11 is 6.38. The van der Waals surface area contributed by atoms with Crippen LogP contribution in [0.2, 0.25) is 5.02 Å². The summed E-state index contributed by atoms with van der Waals surface area (Å²) in [7, 11) is 6.05. The molecule has 2 radical (unpaired) electrons. The Labute approximate surface area is 211 Å². The largest absolute Gasteiger partial charge is 0.466 e. The third-order valence-electron chi connectivity index (χ3n) is 5.81. The Bertz CT molecular complexity index is 1220. The zero-order chi connectivity index (χ0) is 24.9. The highest BCUT2D eigenvalue weighted by Gasteiger charge is 2.39. The summed E-state index contributed by atoms with van der Waals surface area (Å²) in [5, 5.41) is 0.387. The van der Waals surface area contributed by atoms with E-state index in [0.29, 0.717) is 39.7 Å². The molecule has 0 saturated carbocycles. The van der Waals surface area contributed by atoms with Crippen molar-refractivity contribution in [2.45, 2.75) is 39.0 Å². The fourth-order valence-corrected chi connectivity index (χ4v) is 4.20. The number of halogens is 1. The van der Waals surface area contributed by atoms with E-state index in [-0.39, 0.29) is 31.1 Å². The summed E-state index contributed by atoms with van der Waals surface area (Å²) in [6.45, 7) is 4.26. The van der Waals surface area contributed by atoms with Crippen molar-refractivity contribution in [3.8, 4) is 11.5 Å². The van der Waals surface area contributed by atoms with Crippen LogP contribution < -0.4 is 10.2 Å². The van der Waals surface area contributed by atoms with Gasteiger partial charge in [0, 0.05) is 5.56 Å². The molecule has 178 valence electrons. The molecule has 1 fully saturated rings. The molecule has 0 aromatic heterocycles. The molecule has 8 heteroatoms. The van der Waals surface area contributed by atoms with Gasteiger partial charge in [-0.3, -0.25) is 9.69 Å². The molecule has 1 heterocycles. The predicted molar refractivity (Wildman–Crippen MR) is 134 cm³/mol. The first-order valence-electron chi connectivity index (χ1n) is 11.4. The number of nitrogens with zero attached hydrogens (tertiary/aromatic N) is 1. The van der Waals surface area contributed by atoms with E-state index in [4.69, 9.17) is 33.7 Å². The zero-order valence-electron chi connectivity index (χ0n) is 19.6. The lowest BCUT2D eigenvalue weighted by molar-refractivity contribution is -0.142. The Balaban J connectivity index is 1.57. The number of carbonyl (C=O) groups is 2. The van der Waals surface area contributed by atoms with Crippen LogP contribution in [0.3, 0.4) is 0 Å². The Morgan fingerprint density at radius 3 is 2.60 bits per heavy atom. The van der Waals surface area contributed by atoms with Gasteiger partial charge in [0.25, 0.3) is 0 Å². The summed E-state index contributed by atoms with van der Waals surface area (Å²) in [6.07, 6.45) is -0.675. The second-order valence-electron chi connectivity index (χ2n) is 8.30. The minimum Gasteiger partial charge on any atom is -0.466 e. The van der Waals surface area contributed by atoms with Crippen LogP contribution in [0.25, 0.3) is 0 Å². The van der Waals surface area contributed by atoms with Crippen LogP contribution in [-0.4, -0.2) is 37.5 Å². The number of cyclic esters (lactones) is 1. The van der Waals surface area contributed by atoms with Crippen LogP contribution in [0.1, 0.15) is 36.6 Å². The molecule has 0 N–H and O–H groups in total. The maximum atomic E-state index is 12.7. The molecule has 1 saturated heterocycles. The highest BCUT2D eigenvalue weighted by Crippen LogP contribution is 2.36. The minimum absolute atomic E-state index is 0.105. The van der Waals surface area contributed by atoms with Crippen molar-refractivity contribution >= 4 is 37.0 Å². The van der Waals surface area contributed by atoms with Gasteiger partial charge in [0.1, 0.15) is 25.4 Å². The molecule has 6 nitrogen and oxygen atoms in total. The van der Waals surface area contributed by atoms with Crippen LogP contribution >= 0.6 is 11.6 Å². The Morgan fingerprint density at radius 2 is 1.86 bits per heavy atom. The number of benzene rings is 3. The molecule has 1 aliphatic heterocycles. The summed E-state index contributed by atoms with van der Waals surface area (Å²) in [5.74, 6) is 0.555. The second-order valence-corrected chi connectivity index (χ2v) is 8.71. The number of hydrogen-bond acceptors (Lipinski definition) is 5. The minimum atomic E-state index is -0.408. The molecule has 1 amide bonds. The molecule has 1 aliphatic rings. The van der Waals surface area contributed by atoms with Crippen molar-refractivity contribution in [2.24, 2.45) is 0 Å². The summed E-state index contributed by atoms with van der Waals surface area (Å²) in [6, 6.07) is 19.8. The molecule has 4 rings (SSSR count). The third kappa shape index (κ3) is 5.80. The van der Waals surface area contributed by atoms with Gasteiger partial charge in [-0.25, -0.2) is 4.79 Å². The Kier molecular flexibility index (Phi) is 7.66. The normalized spacial score (nSPS) is 17.2. The van der Waals surface area contributed by atoms with Crippen LogP contribution in [0, 0.1) is 0 Å². The first-order chi connectivity index (χ1) is 16.9. The van der Waals surface area contributed by atoms with Crippen LogP contribution in [0.4, 0.5) is 4.79 Å². The van der Waals surface area contributed by atoms with E-state index in [1.165, 1.54) is 0 Å². The van der Waals surface area contributed by atoms with E-state index in [9.17, 15) is 9.59 Å². The second kappa shape index (κ2) is 10.9. The standard InChI is InChI=1S/C27H25BClNO5/c1-3-33-25(31)14-18-9-11-22(29)24(13-18)34-23-12-10-21(28)15-20(23)16-30-17(2)26(35-27(30)32)19-7-5-4-6-8-19/h4-13,15,17,26H,3,14,16H2,1-2H3/t17-,26-/m0/s1. The first-order valence-corrected chi connectivity index (χ1v) is 11.8. The molecular weight excluding hydrogens is 465 g/mol. The van der Waals surface area contributed by atoms with Crippen molar-refractivity contribution in [1.82, 2.24) is 4.90 Å². The molecule has 0 unspecified atom stereocenters. The lowest BCUT2D eigenvalue weighted by Gasteiger charge is -2.23. The monoisotopic (exact) mass is 489 g/mol. The summed E-state index contributed by atoms with van der Waals surface area (Å²) < 4.78 is 16.9. The number of ether oxygens (including phenoxy) is 3. The molecule has 3 aromatic carbocycles. The molecular formula is C27H25BClNO5. The molecule has 0 spiro atoms. The van der Waals surface area contributed by atoms with E-state index in [0.717, 1.165) is 5.56 Å². The smallest absolute Gasteiger partial charge is 0.411 e. The van der Waals surface area contributed by atoms with Gasteiger partial charge < -0.3 is 14.2 Å². The summed E-state index contributed by atoms with van der Waals surface area (Å²) in [4.78, 5) is 26.3. The zero-order valence-corrected chi connectivity index (χ0v) is 20.3. The van der Waals surface area contributed by atoms with Crippen molar-refractivity contribution in [3.05, 3.63) is 88.4 Å². The van der Waals surface area contributed by atoms with Crippen LogP contribution in [0.5, 0.6) is 11.5 Å². The number of hydrogen-bond donors (Lipinski definition) is 0. The van der Waals surface area contributed by atoms with Gasteiger partial charge in [0.2, 0.25) is 0 Å². The van der Waals surface area contributed by atoms with Crippen molar-refractivity contribution < 1.29 is 23.8 Å². The molecule has 0 aliphatic carbocycles. The fourth-order valence-electron chi connectivity index (χ4n) is 4.04. The van der Waals surface area contributed by atoms with Gasteiger partial charge in [0.05, 0.1) is 30.6 Å². The van der Waals surface area contributed by atoms with Crippen molar-refractivity contribution in [1.29, 1.82) is 0 Å². The number of carbonyl (C=O) groups excluding carboxylic acids is 2. The van der Waals surface area contributed by atoms with Gasteiger partial charge >= 0.3 is 12.1 Å². The van der Waals surface area contributed by atoms with Crippen molar-refractivity contribution in [3.63, 3.8) is 0 Å². The predicted octanol–water partition coefficient (Wildman–Crippen LogP) is 5.11. The number of amides is 1. The quantitative estimate of drug-likeness (QED) is 0.325. The van der Waals surface area contributed by atoms with Crippen LogP contribution in [-0.2, 0) is 27.2 Å². The van der Waals surface area contributed by atoms with Crippen molar-refractivity contribution in [2.75, 3.05) is 6.61 Å². The third-order valence-corrected chi connectivity index (χ3v) is 6.13. The van der Waals surface area contributed by atoms with E-state index < -0.39 is 6.09 Å². The fraction of sp³-hybridized carbons (Fsp3) is 0.259. The molecule has 35 heavy (non-hydrogen) atoms. The SMILES string of the molecule is [B]c1ccc(Oc2cc(CC(=O)OCC)ccc2Cl)c(CN2C(=O)O[C@H](c3ccccc3)[C@@H]2C)c1. The maximum absolute atomic E-state index is 12.7. The molecule has 3 aromatic rings. The first kappa shape index (κ1) is 24.7. The van der Waals surface area contributed by atoms with Gasteiger partial charge in [-0.05, 0) is 43.2 Å². The van der Waals surface area contributed by atoms with Gasteiger partial charge in [-0.1, -0.05) is 65.6 Å². The van der Waals surface area contributed by atoms with Crippen LogP contribution in [0.15, 0.2) is 66.7 Å². The van der Waals surface area contributed by atoms with E-state index in [1.54, 1.807) is 48.2 Å². The van der Waals surface area contributed by atoms with E-state index in [1.807, 2.05) is 37.3 Å². The Morgan fingerprint density at radius 1 is 1.09 bits per heavy atom. The molecule has 0 bridgehead atoms. The van der Waals surface area contributed by atoms with Gasteiger partial charge in [-0.15, -0.1) is 0 Å². The average molecular weight is 490 g/mol. The number of rotatable bonds is 8. The van der Waals surface area contributed by atoms with E-state index >= 15 is 0 Å². The lowest BCUT2D eigenvalue weighted by atomic mass is 9.93. The van der Waals surface area contributed by atoms with Gasteiger partial charge in [-0.2, -0.15) is 0 Å². The average Bonchev–Trinajstić information content (AvgIpc) is 3.12. The molecule has 2 atom stereocenters. The summed E-state index contributed by atoms with van der Waals surface area (Å²) in [5.41, 5.74) is 2.89. The maximum Gasteiger partial charge on any atom is 0.411 e. The highest BCUT2D eigenvalue weighted by atomic mass is 35.5. The highest BCUT2D eigenvalue weighted by molar-refractivity contribution is 6.32. The van der Waals surface area contributed by atoms with E-state index in [2.05, 4.69) is 0 Å². The Hall–Kier alpha value is -3.45. The lowest BCUT2D eigenvalue weighted by Crippen LogP contribution is -2.31.